The topological polar surface area (TPSA) is 90.6 Å². The number of anilines is 1. The second kappa shape index (κ2) is 7.54. The van der Waals surface area contributed by atoms with E-state index in [9.17, 15) is 9.59 Å². The predicted octanol–water partition coefficient (Wildman–Crippen LogP) is 2.24. The molecule has 0 saturated heterocycles. The van der Waals surface area contributed by atoms with E-state index in [1.54, 1.807) is 33.8 Å². The molecule has 1 aromatic carbocycles. The lowest BCUT2D eigenvalue weighted by Crippen LogP contribution is -2.32. The third-order valence-electron chi connectivity index (χ3n) is 2.74. The number of hydrogen-bond donors (Lipinski definition) is 2. The molecule has 0 aliphatic carbocycles. The van der Waals surface area contributed by atoms with Crippen LogP contribution < -0.4 is 11.1 Å². The molecule has 0 aliphatic rings. The van der Waals surface area contributed by atoms with E-state index in [1.807, 2.05) is 0 Å². The molecule has 0 unspecified atom stereocenters. The SMILES string of the molecule is COC(=O)c1cc(N)c(C#CCNC(=O)OC(C)(C)C)cc1C. The van der Waals surface area contributed by atoms with E-state index in [0.717, 1.165) is 5.56 Å². The largest absolute Gasteiger partial charge is 0.465 e. The number of methoxy groups -OCH3 is 1. The number of nitrogens with two attached hydrogens (primary N) is 1. The van der Waals surface area contributed by atoms with E-state index >= 15 is 0 Å². The summed E-state index contributed by atoms with van der Waals surface area (Å²) in [5.41, 5.74) is 7.42. The molecule has 0 atom stereocenters. The maximum absolute atomic E-state index is 11.6. The van der Waals surface area contributed by atoms with Gasteiger partial charge in [0, 0.05) is 11.3 Å². The summed E-state index contributed by atoms with van der Waals surface area (Å²) in [4.78, 5) is 23.0. The lowest BCUT2D eigenvalue weighted by atomic mass is 10.0. The number of benzene rings is 1. The third-order valence-corrected chi connectivity index (χ3v) is 2.74. The van der Waals surface area contributed by atoms with Crippen LogP contribution in [0.15, 0.2) is 12.1 Å². The standard InChI is InChI=1S/C17H22N2O4/c1-11-9-12(14(18)10-13(11)15(20)22-5)7-6-8-19-16(21)23-17(2,3)4/h9-10H,8,18H2,1-5H3,(H,19,21). The van der Waals surface area contributed by atoms with Crippen LogP contribution >= 0.6 is 0 Å². The molecule has 0 spiro atoms. The van der Waals surface area contributed by atoms with Gasteiger partial charge in [-0.05, 0) is 45.4 Å². The van der Waals surface area contributed by atoms with Crippen LogP contribution in [-0.4, -0.2) is 31.3 Å². The van der Waals surface area contributed by atoms with Gasteiger partial charge in [0.05, 0.1) is 19.2 Å². The van der Waals surface area contributed by atoms with E-state index in [4.69, 9.17) is 10.5 Å². The van der Waals surface area contributed by atoms with Gasteiger partial charge in [0.15, 0.2) is 0 Å². The summed E-state index contributed by atoms with van der Waals surface area (Å²) in [6.07, 6.45) is -0.531. The molecule has 1 aromatic rings. The Morgan fingerprint density at radius 3 is 2.52 bits per heavy atom. The van der Waals surface area contributed by atoms with Crippen molar-refractivity contribution in [2.24, 2.45) is 0 Å². The van der Waals surface area contributed by atoms with Gasteiger partial charge in [-0.3, -0.25) is 0 Å². The number of amides is 1. The summed E-state index contributed by atoms with van der Waals surface area (Å²) in [6, 6.07) is 3.24. The molecule has 0 radical (unpaired) electrons. The van der Waals surface area contributed by atoms with Crippen molar-refractivity contribution < 1.29 is 19.1 Å². The smallest absolute Gasteiger partial charge is 0.408 e. The lowest BCUT2D eigenvalue weighted by molar-refractivity contribution is 0.0533. The van der Waals surface area contributed by atoms with Gasteiger partial charge in [-0.1, -0.05) is 11.8 Å². The van der Waals surface area contributed by atoms with Gasteiger partial charge < -0.3 is 20.5 Å². The molecular weight excluding hydrogens is 296 g/mol. The Morgan fingerprint density at radius 1 is 1.30 bits per heavy atom. The fraction of sp³-hybridized carbons (Fsp3) is 0.412. The molecule has 23 heavy (non-hydrogen) atoms. The van der Waals surface area contributed by atoms with Crippen LogP contribution in [0.5, 0.6) is 0 Å². The normalized spacial score (nSPS) is 10.3. The maximum atomic E-state index is 11.6. The molecule has 6 heteroatoms. The van der Waals surface area contributed by atoms with E-state index in [1.165, 1.54) is 13.2 Å². The van der Waals surface area contributed by atoms with E-state index in [-0.39, 0.29) is 6.54 Å². The van der Waals surface area contributed by atoms with Gasteiger partial charge in [-0.2, -0.15) is 0 Å². The zero-order chi connectivity index (χ0) is 17.6. The molecule has 1 amide bonds. The molecule has 6 nitrogen and oxygen atoms in total. The molecular formula is C17H22N2O4. The summed E-state index contributed by atoms with van der Waals surface area (Å²) in [7, 11) is 1.31. The van der Waals surface area contributed by atoms with Crippen LogP contribution in [-0.2, 0) is 9.47 Å². The van der Waals surface area contributed by atoms with Gasteiger partial charge in [0.1, 0.15) is 5.60 Å². The van der Waals surface area contributed by atoms with Crippen LogP contribution in [0.4, 0.5) is 10.5 Å². The molecule has 0 aliphatic heterocycles. The summed E-state index contributed by atoms with van der Waals surface area (Å²) in [5, 5.41) is 2.53. The summed E-state index contributed by atoms with van der Waals surface area (Å²) < 4.78 is 9.78. The molecule has 1 rings (SSSR count). The number of hydrogen-bond acceptors (Lipinski definition) is 5. The predicted molar refractivity (Wildman–Crippen MR) is 88.0 cm³/mol. The van der Waals surface area contributed by atoms with Crippen molar-refractivity contribution in [2.75, 3.05) is 19.4 Å². The van der Waals surface area contributed by atoms with Gasteiger partial charge >= 0.3 is 12.1 Å². The summed E-state index contributed by atoms with van der Waals surface area (Å²) in [6.45, 7) is 7.25. The minimum Gasteiger partial charge on any atom is -0.465 e. The minimum absolute atomic E-state index is 0.131. The second-order valence-electron chi connectivity index (χ2n) is 5.90. The van der Waals surface area contributed by atoms with Crippen LogP contribution in [0, 0.1) is 18.8 Å². The number of rotatable bonds is 2. The van der Waals surface area contributed by atoms with Gasteiger partial charge in [-0.15, -0.1) is 0 Å². The highest BCUT2D eigenvalue weighted by molar-refractivity contribution is 5.92. The van der Waals surface area contributed by atoms with Crippen molar-refractivity contribution in [3.8, 4) is 11.8 Å². The average molecular weight is 318 g/mol. The first-order chi connectivity index (χ1) is 10.6. The number of ether oxygens (including phenoxy) is 2. The summed E-state index contributed by atoms with van der Waals surface area (Å²) >= 11 is 0. The Morgan fingerprint density at radius 2 is 1.96 bits per heavy atom. The molecule has 0 saturated carbocycles. The van der Waals surface area contributed by atoms with Gasteiger partial charge in [0.25, 0.3) is 0 Å². The Kier molecular flexibility index (Phi) is 6.02. The molecule has 0 heterocycles. The van der Waals surface area contributed by atoms with E-state index < -0.39 is 17.7 Å². The lowest BCUT2D eigenvalue weighted by Gasteiger charge is -2.19. The maximum Gasteiger partial charge on any atom is 0.408 e. The number of aryl methyl sites for hydroxylation is 1. The number of carbonyl (C=O) groups is 2. The Labute approximate surface area is 136 Å². The first-order valence-electron chi connectivity index (χ1n) is 7.08. The quantitative estimate of drug-likeness (QED) is 0.496. The van der Waals surface area contributed by atoms with Crippen molar-refractivity contribution in [3.63, 3.8) is 0 Å². The number of esters is 1. The fourth-order valence-electron chi connectivity index (χ4n) is 1.73. The number of nitrogen functional groups attached to an aromatic ring is 1. The van der Waals surface area contributed by atoms with Crippen LogP contribution in [0.1, 0.15) is 42.3 Å². The minimum atomic E-state index is -0.553. The average Bonchev–Trinajstić information content (AvgIpc) is 2.43. The Balaban J connectivity index is 2.74. The highest BCUT2D eigenvalue weighted by Crippen LogP contribution is 2.18. The highest BCUT2D eigenvalue weighted by atomic mass is 16.6. The van der Waals surface area contributed by atoms with E-state index in [2.05, 4.69) is 21.9 Å². The summed E-state index contributed by atoms with van der Waals surface area (Å²) in [5.74, 6) is 5.21. The molecule has 3 N–H and O–H groups in total. The van der Waals surface area contributed by atoms with Gasteiger partial charge in [-0.25, -0.2) is 9.59 Å². The number of alkyl carbamates (subject to hydrolysis) is 1. The molecule has 0 bridgehead atoms. The highest BCUT2D eigenvalue weighted by Gasteiger charge is 2.15. The second-order valence-corrected chi connectivity index (χ2v) is 5.90. The monoisotopic (exact) mass is 318 g/mol. The zero-order valence-electron chi connectivity index (χ0n) is 14.1. The van der Waals surface area contributed by atoms with E-state index in [0.29, 0.717) is 16.8 Å². The molecule has 124 valence electrons. The number of carbonyl (C=O) groups excluding carboxylic acids is 2. The van der Waals surface area contributed by atoms with Gasteiger partial charge in [0.2, 0.25) is 0 Å². The fourth-order valence-corrected chi connectivity index (χ4v) is 1.73. The van der Waals surface area contributed by atoms with Crippen molar-refractivity contribution >= 4 is 17.7 Å². The Bertz CT molecular complexity index is 664. The molecule has 0 fully saturated rings. The number of nitrogens with one attached hydrogen (secondary N) is 1. The van der Waals surface area contributed by atoms with Crippen LogP contribution in [0.2, 0.25) is 0 Å². The Hall–Kier alpha value is -2.68. The van der Waals surface area contributed by atoms with Crippen molar-refractivity contribution in [1.82, 2.24) is 5.32 Å². The van der Waals surface area contributed by atoms with Crippen LogP contribution in [0.25, 0.3) is 0 Å². The zero-order valence-corrected chi connectivity index (χ0v) is 14.1. The molecule has 0 aromatic heterocycles. The first-order valence-corrected chi connectivity index (χ1v) is 7.08. The van der Waals surface area contributed by atoms with Crippen molar-refractivity contribution in [1.29, 1.82) is 0 Å². The van der Waals surface area contributed by atoms with Crippen LogP contribution in [0.3, 0.4) is 0 Å². The van der Waals surface area contributed by atoms with Crippen molar-refractivity contribution in [2.45, 2.75) is 33.3 Å². The third kappa shape index (κ3) is 5.91. The first kappa shape index (κ1) is 18.4. The van der Waals surface area contributed by atoms with Crippen molar-refractivity contribution in [3.05, 3.63) is 28.8 Å².